The molecule has 1 unspecified atom stereocenters. The quantitative estimate of drug-likeness (QED) is 0.448. The molecule has 0 spiro atoms. The lowest BCUT2D eigenvalue weighted by atomic mass is 10.00. The Bertz CT molecular complexity index is 1330. The summed E-state index contributed by atoms with van der Waals surface area (Å²) in [4.78, 5) is 27.1. The van der Waals surface area contributed by atoms with Gasteiger partial charge in [0.25, 0.3) is 10.8 Å². The molecule has 2 aliphatic heterocycles. The van der Waals surface area contributed by atoms with Gasteiger partial charge in [-0.05, 0) is 43.4 Å². The lowest BCUT2D eigenvalue weighted by Gasteiger charge is -2.26. The van der Waals surface area contributed by atoms with Crippen LogP contribution in [-0.4, -0.2) is 77.7 Å². The molecule has 1 aromatic heterocycles. The van der Waals surface area contributed by atoms with Gasteiger partial charge < -0.3 is 20.1 Å². The number of aromatic nitrogens is 2. The molecular weight excluding hydrogens is 514 g/mol. The Balaban J connectivity index is 1.41. The number of nitrogen functional groups attached to an aromatic ring is 1. The maximum atomic E-state index is 13.5. The van der Waals surface area contributed by atoms with Crippen LogP contribution in [0.4, 0.5) is 5.95 Å². The van der Waals surface area contributed by atoms with E-state index in [1.165, 1.54) is 0 Å². The molecular formula is C29H34N5O4S+. The van der Waals surface area contributed by atoms with Crippen molar-refractivity contribution in [3.05, 3.63) is 65.2 Å². The first-order chi connectivity index (χ1) is 18.9. The maximum absolute atomic E-state index is 13.5. The number of amides is 1. The van der Waals surface area contributed by atoms with E-state index in [0.29, 0.717) is 59.3 Å². The molecule has 5 rings (SSSR count). The predicted molar refractivity (Wildman–Crippen MR) is 150 cm³/mol. The van der Waals surface area contributed by atoms with Crippen LogP contribution in [0.1, 0.15) is 27.9 Å². The van der Waals surface area contributed by atoms with E-state index in [1.807, 2.05) is 38.1 Å². The number of hydrogen-bond acceptors (Lipinski definition) is 8. The molecule has 2 fully saturated rings. The fourth-order valence-corrected chi connectivity index (χ4v) is 5.75. The Morgan fingerprint density at radius 3 is 2.64 bits per heavy atom. The number of carbonyl (C=O) groups is 1. The third-order valence-electron chi connectivity index (χ3n) is 7.32. The highest BCUT2D eigenvalue weighted by Gasteiger charge is 2.30. The lowest BCUT2D eigenvalue weighted by molar-refractivity contribution is 0.0689. The number of anilines is 1. The molecule has 2 atom stereocenters. The second-order valence-corrected chi connectivity index (χ2v) is 10.9. The average Bonchev–Trinajstić information content (AvgIpc) is 3.35. The van der Waals surface area contributed by atoms with Gasteiger partial charge in [0, 0.05) is 66.3 Å². The van der Waals surface area contributed by atoms with Crippen molar-refractivity contribution in [2.75, 3.05) is 51.7 Å². The number of ether oxygens (including phenoxy) is 2. The summed E-state index contributed by atoms with van der Waals surface area (Å²) in [6.07, 6.45) is 0.697. The minimum Gasteiger partial charge on any atom is -0.471 e. The molecule has 1 amide bonds. The molecule has 0 saturated carbocycles. The zero-order valence-electron chi connectivity index (χ0n) is 22.3. The van der Waals surface area contributed by atoms with E-state index in [-0.39, 0.29) is 18.0 Å². The van der Waals surface area contributed by atoms with Crippen LogP contribution >= 0.6 is 0 Å². The molecule has 10 heteroatoms. The van der Waals surface area contributed by atoms with Gasteiger partial charge in [-0.3, -0.25) is 9.69 Å². The molecule has 2 saturated heterocycles. The minimum atomic E-state index is -0.337. The molecule has 2 N–H and O–H groups in total. The first-order valence-electron chi connectivity index (χ1n) is 13.3. The third kappa shape index (κ3) is 6.58. The van der Waals surface area contributed by atoms with Crippen molar-refractivity contribution in [2.24, 2.45) is 5.92 Å². The number of hydrogen-bond donors (Lipinski definition) is 1. The fraction of sp³-hybridized carbons (Fsp3) is 0.414. The van der Waals surface area contributed by atoms with Gasteiger partial charge >= 0.3 is 11.7 Å². The average molecular weight is 549 g/mol. The molecule has 2 aromatic carbocycles. The number of carbonyl (C=O) groups excluding carboxylic acids is 1. The Hall–Kier alpha value is -3.47. The van der Waals surface area contributed by atoms with Crippen LogP contribution in [-0.2, 0) is 20.6 Å². The van der Waals surface area contributed by atoms with Crippen LogP contribution in [0.15, 0.2) is 53.4 Å². The second-order valence-electron chi connectivity index (χ2n) is 10.3. The summed E-state index contributed by atoms with van der Waals surface area (Å²) in [6.45, 7) is 8.81. The Labute approximate surface area is 232 Å². The van der Waals surface area contributed by atoms with Gasteiger partial charge in [-0.1, -0.05) is 24.3 Å². The highest BCUT2D eigenvalue weighted by Crippen LogP contribution is 2.29. The predicted octanol–water partition coefficient (Wildman–Crippen LogP) is 3.37. The van der Waals surface area contributed by atoms with Gasteiger partial charge in [0.2, 0.25) is 11.8 Å². The summed E-state index contributed by atoms with van der Waals surface area (Å²) in [5, 5.41) is 0. The summed E-state index contributed by atoms with van der Waals surface area (Å²) in [6, 6.07) is 14.8. The van der Waals surface area contributed by atoms with E-state index < -0.39 is 0 Å². The highest BCUT2D eigenvalue weighted by atomic mass is 32.1. The van der Waals surface area contributed by atoms with Crippen LogP contribution in [0, 0.1) is 19.8 Å². The van der Waals surface area contributed by atoms with E-state index in [2.05, 4.69) is 14.9 Å². The zero-order chi connectivity index (χ0) is 27.4. The minimum absolute atomic E-state index is 0.121. The smallest absolute Gasteiger partial charge is 0.471 e. The first kappa shape index (κ1) is 27.1. The SMILES string of the molecule is Cc1cccc(C)c1-c1cc(O[C@@H]2CN(CC3CCOC3)CCN(C(=O)c3cccc([S+]=O)c3)C2)nc(N)n1. The van der Waals surface area contributed by atoms with Crippen molar-refractivity contribution in [2.45, 2.75) is 31.3 Å². The van der Waals surface area contributed by atoms with E-state index >= 15 is 0 Å². The third-order valence-corrected chi connectivity index (χ3v) is 7.77. The number of aryl methyl sites for hydroxylation is 2. The summed E-state index contributed by atoms with van der Waals surface area (Å²) < 4.78 is 23.4. The van der Waals surface area contributed by atoms with Gasteiger partial charge in [0.1, 0.15) is 6.10 Å². The number of nitrogens with zero attached hydrogens (tertiary/aromatic N) is 4. The van der Waals surface area contributed by atoms with E-state index in [4.69, 9.17) is 15.2 Å². The number of nitrogens with two attached hydrogens (primary N) is 1. The van der Waals surface area contributed by atoms with Crippen LogP contribution in [0.3, 0.4) is 0 Å². The lowest BCUT2D eigenvalue weighted by Crippen LogP contribution is -2.41. The highest BCUT2D eigenvalue weighted by molar-refractivity contribution is 7.65. The molecule has 0 bridgehead atoms. The number of benzene rings is 2. The van der Waals surface area contributed by atoms with Gasteiger partial charge in [-0.15, -0.1) is 0 Å². The molecule has 3 aromatic rings. The normalized spacial score (nSPS) is 20.0. The van der Waals surface area contributed by atoms with Crippen molar-refractivity contribution in [1.29, 1.82) is 0 Å². The first-order valence-corrected chi connectivity index (χ1v) is 14.0. The Morgan fingerprint density at radius 1 is 1.10 bits per heavy atom. The van der Waals surface area contributed by atoms with Crippen LogP contribution in [0.2, 0.25) is 0 Å². The second kappa shape index (κ2) is 12.1. The molecule has 0 radical (unpaired) electrons. The summed E-state index contributed by atoms with van der Waals surface area (Å²) in [5.74, 6) is 0.861. The Kier molecular flexibility index (Phi) is 8.44. The summed E-state index contributed by atoms with van der Waals surface area (Å²) in [5.41, 5.74) is 10.5. The van der Waals surface area contributed by atoms with Crippen LogP contribution in [0.25, 0.3) is 11.3 Å². The van der Waals surface area contributed by atoms with Gasteiger partial charge in [-0.2, -0.15) is 4.98 Å². The van der Waals surface area contributed by atoms with Crippen molar-refractivity contribution >= 4 is 23.5 Å². The molecule has 2 aliphatic rings. The molecule has 9 nitrogen and oxygen atoms in total. The van der Waals surface area contributed by atoms with E-state index in [9.17, 15) is 9.00 Å². The van der Waals surface area contributed by atoms with Crippen LogP contribution < -0.4 is 10.5 Å². The zero-order valence-corrected chi connectivity index (χ0v) is 23.2. The van der Waals surface area contributed by atoms with Crippen LogP contribution in [0.5, 0.6) is 5.88 Å². The van der Waals surface area contributed by atoms with Crippen molar-refractivity contribution < 1.29 is 18.5 Å². The topological polar surface area (TPSA) is 111 Å². The summed E-state index contributed by atoms with van der Waals surface area (Å²) in [7, 11) is 0. The number of rotatable bonds is 7. The Morgan fingerprint density at radius 2 is 1.90 bits per heavy atom. The molecule has 3 heterocycles. The largest absolute Gasteiger partial charge is 0.505 e. The van der Waals surface area contributed by atoms with Crippen molar-refractivity contribution in [1.82, 2.24) is 19.8 Å². The molecule has 204 valence electrons. The molecule has 39 heavy (non-hydrogen) atoms. The van der Waals surface area contributed by atoms with Gasteiger partial charge in [0.05, 0.1) is 18.8 Å². The van der Waals surface area contributed by atoms with Gasteiger partial charge in [0.15, 0.2) is 0 Å². The van der Waals surface area contributed by atoms with E-state index in [1.54, 1.807) is 29.2 Å². The van der Waals surface area contributed by atoms with E-state index in [0.717, 1.165) is 49.4 Å². The van der Waals surface area contributed by atoms with Crippen molar-refractivity contribution in [3.8, 4) is 17.1 Å². The summed E-state index contributed by atoms with van der Waals surface area (Å²) >= 11 is 0.383. The monoisotopic (exact) mass is 548 g/mol. The standard InChI is InChI=1S/C29H34N5O4S/c1-19-5-3-6-20(2)27(19)25-14-26(32-29(30)31-25)38-23-16-33(15-21-9-12-37-18-21)10-11-34(17-23)28(35)22-7-4-8-24(13-22)39-36/h3-8,13-14,21,23H,9-12,15-18H2,1-2H3,(H2,30,31,32)/q+1/t21?,23-/m1/s1. The maximum Gasteiger partial charge on any atom is 0.505 e. The molecule has 0 aliphatic carbocycles. The van der Waals surface area contributed by atoms with Crippen molar-refractivity contribution in [3.63, 3.8) is 0 Å². The van der Waals surface area contributed by atoms with Gasteiger partial charge in [-0.25, -0.2) is 4.98 Å². The fourth-order valence-electron chi connectivity index (χ4n) is 5.44.